The summed E-state index contributed by atoms with van der Waals surface area (Å²) in [6.45, 7) is 6.30. The number of esters is 1. The molecule has 150 valence electrons. The van der Waals surface area contributed by atoms with E-state index in [1.165, 1.54) is 5.56 Å². The summed E-state index contributed by atoms with van der Waals surface area (Å²) in [5, 5.41) is 2.80. The Morgan fingerprint density at radius 3 is 2.25 bits per heavy atom. The highest BCUT2D eigenvalue weighted by atomic mass is 16.5. The van der Waals surface area contributed by atoms with E-state index in [1.807, 2.05) is 31.2 Å². The molecule has 28 heavy (non-hydrogen) atoms. The number of aryl methyl sites for hydroxylation is 1. The van der Waals surface area contributed by atoms with Crippen molar-refractivity contribution in [2.24, 2.45) is 0 Å². The summed E-state index contributed by atoms with van der Waals surface area (Å²) in [5.74, 6) is 0.0538. The first-order valence-corrected chi connectivity index (χ1v) is 9.87. The topological polar surface area (TPSA) is 64.6 Å². The fourth-order valence-corrected chi connectivity index (χ4v) is 2.61. The molecule has 0 aromatic heterocycles. The molecule has 0 aliphatic heterocycles. The van der Waals surface area contributed by atoms with Gasteiger partial charge in [0.25, 0.3) is 5.91 Å². The number of amides is 1. The Labute approximate surface area is 167 Å². The van der Waals surface area contributed by atoms with Crippen LogP contribution in [-0.2, 0) is 16.0 Å². The fourth-order valence-electron chi connectivity index (χ4n) is 2.61. The predicted molar refractivity (Wildman–Crippen MR) is 111 cm³/mol. The predicted octanol–water partition coefficient (Wildman–Crippen LogP) is 5.00. The number of rotatable bonds is 10. The van der Waals surface area contributed by atoms with Crippen LogP contribution in [0.4, 0.5) is 5.69 Å². The molecule has 0 aliphatic carbocycles. The maximum Gasteiger partial charge on any atom is 0.338 e. The summed E-state index contributed by atoms with van der Waals surface area (Å²) >= 11 is 0. The average molecular weight is 383 g/mol. The van der Waals surface area contributed by atoms with Crippen LogP contribution in [-0.4, -0.2) is 24.6 Å². The van der Waals surface area contributed by atoms with Crippen molar-refractivity contribution in [1.29, 1.82) is 0 Å². The first kappa shape index (κ1) is 21.5. The van der Waals surface area contributed by atoms with Gasteiger partial charge in [0.2, 0.25) is 0 Å². The summed E-state index contributed by atoms with van der Waals surface area (Å²) < 4.78 is 10.9. The average Bonchev–Trinajstić information content (AvgIpc) is 2.70. The van der Waals surface area contributed by atoms with E-state index in [9.17, 15) is 9.59 Å². The lowest BCUT2D eigenvalue weighted by Gasteiger charge is -2.15. The van der Waals surface area contributed by atoms with Gasteiger partial charge in [-0.25, -0.2) is 4.79 Å². The van der Waals surface area contributed by atoms with Crippen LogP contribution < -0.4 is 10.1 Å². The van der Waals surface area contributed by atoms with Crippen molar-refractivity contribution < 1.29 is 19.1 Å². The molecule has 5 nitrogen and oxygen atoms in total. The minimum Gasteiger partial charge on any atom is -0.481 e. The lowest BCUT2D eigenvalue weighted by atomic mass is 10.1. The van der Waals surface area contributed by atoms with Gasteiger partial charge in [-0.15, -0.1) is 0 Å². The molecule has 1 unspecified atom stereocenters. The molecule has 0 radical (unpaired) electrons. The van der Waals surface area contributed by atoms with Crippen molar-refractivity contribution in [1.82, 2.24) is 0 Å². The molecule has 1 amide bonds. The Morgan fingerprint density at radius 2 is 1.64 bits per heavy atom. The molecule has 0 bridgehead atoms. The van der Waals surface area contributed by atoms with E-state index < -0.39 is 6.10 Å². The third-order valence-corrected chi connectivity index (χ3v) is 4.26. The van der Waals surface area contributed by atoms with Gasteiger partial charge in [0.1, 0.15) is 5.75 Å². The van der Waals surface area contributed by atoms with Crippen molar-refractivity contribution in [2.45, 2.75) is 52.6 Å². The zero-order valence-electron chi connectivity index (χ0n) is 16.9. The van der Waals surface area contributed by atoms with Gasteiger partial charge < -0.3 is 14.8 Å². The molecule has 5 heteroatoms. The van der Waals surface area contributed by atoms with Crippen LogP contribution in [0.25, 0.3) is 0 Å². The Balaban J connectivity index is 1.86. The third kappa shape index (κ3) is 6.72. The molecule has 2 aromatic rings. The Bertz CT molecular complexity index is 753. The van der Waals surface area contributed by atoms with Crippen LogP contribution in [0.1, 0.15) is 56.0 Å². The van der Waals surface area contributed by atoms with Crippen molar-refractivity contribution in [3.05, 3.63) is 59.7 Å². The maximum atomic E-state index is 12.4. The number of carbonyl (C=O) groups excluding carboxylic acids is 2. The van der Waals surface area contributed by atoms with Crippen LogP contribution in [0.3, 0.4) is 0 Å². The summed E-state index contributed by atoms with van der Waals surface area (Å²) in [6, 6.07) is 14.4. The first-order valence-electron chi connectivity index (χ1n) is 9.87. The van der Waals surface area contributed by atoms with Crippen LogP contribution in [0, 0.1) is 0 Å². The molecule has 2 rings (SSSR count). The highest BCUT2D eigenvalue weighted by molar-refractivity contribution is 5.95. The number of hydrogen-bond acceptors (Lipinski definition) is 4. The van der Waals surface area contributed by atoms with Crippen molar-refractivity contribution >= 4 is 17.6 Å². The maximum absolute atomic E-state index is 12.4. The highest BCUT2D eigenvalue weighted by Crippen LogP contribution is 2.16. The van der Waals surface area contributed by atoms with Gasteiger partial charge in [0, 0.05) is 5.69 Å². The normalized spacial score (nSPS) is 11.5. The molecule has 0 saturated heterocycles. The largest absolute Gasteiger partial charge is 0.481 e. The Hall–Kier alpha value is -2.82. The Kier molecular flexibility index (Phi) is 8.53. The van der Waals surface area contributed by atoms with Gasteiger partial charge in [-0.1, -0.05) is 38.8 Å². The zero-order chi connectivity index (χ0) is 20.4. The van der Waals surface area contributed by atoms with E-state index in [1.54, 1.807) is 31.2 Å². The summed E-state index contributed by atoms with van der Waals surface area (Å²) in [4.78, 5) is 24.3. The smallest absolute Gasteiger partial charge is 0.338 e. The van der Waals surface area contributed by atoms with Gasteiger partial charge in [0.05, 0.1) is 12.2 Å². The molecule has 1 N–H and O–H groups in total. The van der Waals surface area contributed by atoms with Crippen molar-refractivity contribution in [3.63, 3.8) is 0 Å². The van der Waals surface area contributed by atoms with E-state index >= 15 is 0 Å². The summed E-state index contributed by atoms with van der Waals surface area (Å²) in [6.07, 6.45) is 3.29. The minimum atomic E-state index is -0.643. The highest BCUT2D eigenvalue weighted by Gasteiger charge is 2.15. The monoisotopic (exact) mass is 383 g/mol. The van der Waals surface area contributed by atoms with E-state index in [4.69, 9.17) is 9.47 Å². The zero-order valence-corrected chi connectivity index (χ0v) is 16.9. The molecule has 2 aromatic carbocycles. The van der Waals surface area contributed by atoms with Gasteiger partial charge in [-0.3, -0.25) is 4.79 Å². The van der Waals surface area contributed by atoms with Crippen LogP contribution in [0.15, 0.2) is 48.5 Å². The first-order chi connectivity index (χ1) is 13.5. The molecule has 0 fully saturated rings. The minimum absolute atomic E-state index is 0.254. The molecule has 0 aliphatic rings. The van der Waals surface area contributed by atoms with E-state index in [0.717, 1.165) is 25.7 Å². The van der Waals surface area contributed by atoms with Crippen LogP contribution >= 0.6 is 0 Å². The second kappa shape index (κ2) is 11.1. The SMILES string of the molecule is CCCCOC(=O)c1ccc(NC(=O)C(C)Oc2ccc(CCC)cc2)cc1. The lowest BCUT2D eigenvalue weighted by Crippen LogP contribution is -2.30. The van der Waals surface area contributed by atoms with Crippen molar-refractivity contribution in [3.8, 4) is 5.75 Å². The molecule has 0 saturated carbocycles. The molecule has 1 atom stereocenters. The number of ether oxygens (including phenoxy) is 2. The second-order valence-corrected chi connectivity index (χ2v) is 6.71. The number of carbonyl (C=O) groups is 2. The fraction of sp³-hybridized carbons (Fsp3) is 0.391. The molecule has 0 heterocycles. The van der Waals surface area contributed by atoms with Crippen LogP contribution in [0.5, 0.6) is 5.75 Å². The van der Waals surface area contributed by atoms with E-state index in [0.29, 0.717) is 23.6 Å². The third-order valence-electron chi connectivity index (χ3n) is 4.26. The van der Waals surface area contributed by atoms with Gasteiger partial charge in [0.15, 0.2) is 6.10 Å². The number of unbranched alkanes of at least 4 members (excludes halogenated alkanes) is 1. The molecule has 0 spiro atoms. The van der Waals surface area contributed by atoms with Crippen LogP contribution in [0.2, 0.25) is 0 Å². The number of anilines is 1. The summed E-state index contributed by atoms with van der Waals surface area (Å²) in [5.41, 5.74) is 2.31. The van der Waals surface area contributed by atoms with Crippen molar-refractivity contribution in [2.75, 3.05) is 11.9 Å². The standard InChI is InChI=1S/C23H29NO4/c1-4-6-16-27-23(26)19-10-12-20(13-11-19)24-22(25)17(3)28-21-14-8-18(7-5-2)9-15-21/h8-15,17H,4-7,16H2,1-3H3,(H,24,25). The number of hydrogen-bond donors (Lipinski definition) is 1. The molecular formula is C23H29NO4. The van der Waals surface area contributed by atoms with Gasteiger partial charge >= 0.3 is 5.97 Å². The quantitative estimate of drug-likeness (QED) is 0.463. The van der Waals surface area contributed by atoms with Gasteiger partial charge in [-0.05, 0) is 61.7 Å². The Morgan fingerprint density at radius 1 is 0.964 bits per heavy atom. The number of nitrogens with one attached hydrogen (secondary N) is 1. The summed E-state index contributed by atoms with van der Waals surface area (Å²) in [7, 11) is 0. The van der Waals surface area contributed by atoms with E-state index in [-0.39, 0.29) is 11.9 Å². The van der Waals surface area contributed by atoms with Gasteiger partial charge in [-0.2, -0.15) is 0 Å². The number of benzene rings is 2. The molecular weight excluding hydrogens is 354 g/mol. The lowest BCUT2D eigenvalue weighted by molar-refractivity contribution is -0.122. The van der Waals surface area contributed by atoms with E-state index in [2.05, 4.69) is 12.2 Å². The second-order valence-electron chi connectivity index (χ2n) is 6.71.